The van der Waals surface area contributed by atoms with E-state index in [1.54, 1.807) is 48.5 Å². The quantitative estimate of drug-likeness (QED) is 0.454. The number of nitrogens with zero attached hydrogens (tertiary/aromatic N) is 1. The Kier molecular flexibility index (Phi) is 4.84. The van der Waals surface area contributed by atoms with Crippen LogP contribution in [-0.2, 0) is 9.53 Å². The molecule has 0 saturated carbocycles. The second kappa shape index (κ2) is 7.23. The first-order valence-corrected chi connectivity index (χ1v) is 7.97. The summed E-state index contributed by atoms with van der Waals surface area (Å²) in [5.74, 6) is -1.42. The first kappa shape index (κ1) is 17.4. The minimum atomic E-state index is -1.29. The van der Waals surface area contributed by atoms with Gasteiger partial charge in [0.15, 0.2) is 6.04 Å². The van der Waals surface area contributed by atoms with Crippen molar-refractivity contribution in [1.29, 1.82) is 0 Å². The van der Waals surface area contributed by atoms with Crippen LogP contribution in [0.4, 0.5) is 0 Å². The van der Waals surface area contributed by atoms with Crippen molar-refractivity contribution in [2.75, 3.05) is 7.11 Å². The van der Waals surface area contributed by atoms with Crippen LogP contribution in [0.5, 0.6) is 5.75 Å². The van der Waals surface area contributed by atoms with Crippen LogP contribution in [0, 0.1) is 0 Å². The van der Waals surface area contributed by atoms with Crippen LogP contribution in [0.1, 0.15) is 20.7 Å². The molecule has 0 aromatic heterocycles. The summed E-state index contributed by atoms with van der Waals surface area (Å²) in [5, 5.41) is 0. The van der Waals surface area contributed by atoms with Crippen LogP contribution in [0.3, 0.4) is 0 Å². The van der Waals surface area contributed by atoms with Crippen molar-refractivity contribution in [2.24, 2.45) is 0 Å². The molecule has 0 bridgehead atoms. The van der Waals surface area contributed by atoms with Gasteiger partial charge in [0, 0.05) is 0 Å². The van der Waals surface area contributed by atoms with Gasteiger partial charge >= 0.3 is 5.97 Å². The van der Waals surface area contributed by atoms with Gasteiger partial charge < -0.3 is 9.47 Å². The van der Waals surface area contributed by atoms with E-state index in [-0.39, 0.29) is 11.1 Å². The molecule has 1 heterocycles. The van der Waals surface area contributed by atoms with Gasteiger partial charge in [0.25, 0.3) is 11.8 Å². The number of ether oxygens (including phenoxy) is 2. The Hall–Kier alpha value is -3.41. The van der Waals surface area contributed by atoms with Crippen LogP contribution in [0.15, 0.2) is 67.3 Å². The SMILES string of the molecule is C=C[C@H](Oc1ccccc1)[C@H](C(=O)OC)N1C(=O)c2ccccc2C1=O. The van der Waals surface area contributed by atoms with Crippen LogP contribution in [-0.4, -0.2) is 41.9 Å². The Morgan fingerprint density at radius 3 is 2.04 bits per heavy atom. The topological polar surface area (TPSA) is 72.9 Å². The Balaban J connectivity index is 1.98. The van der Waals surface area contributed by atoms with Crippen molar-refractivity contribution >= 4 is 17.8 Å². The summed E-state index contributed by atoms with van der Waals surface area (Å²) in [6.45, 7) is 3.68. The van der Waals surface area contributed by atoms with E-state index in [0.29, 0.717) is 5.75 Å². The van der Waals surface area contributed by atoms with Crippen LogP contribution in [0.25, 0.3) is 0 Å². The van der Waals surface area contributed by atoms with E-state index >= 15 is 0 Å². The highest BCUT2D eigenvalue weighted by molar-refractivity contribution is 6.22. The molecule has 2 aromatic rings. The largest absolute Gasteiger partial charge is 0.484 e. The Morgan fingerprint density at radius 1 is 1.00 bits per heavy atom. The average Bonchev–Trinajstić information content (AvgIpc) is 2.93. The smallest absolute Gasteiger partial charge is 0.333 e. The highest BCUT2D eigenvalue weighted by Gasteiger charge is 2.47. The maximum atomic E-state index is 12.7. The molecule has 6 heteroatoms. The molecule has 0 unspecified atom stereocenters. The lowest BCUT2D eigenvalue weighted by Gasteiger charge is -2.29. The lowest BCUT2D eigenvalue weighted by atomic mass is 10.1. The van der Waals surface area contributed by atoms with Crippen LogP contribution in [0.2, 0.25) is 0 Å². The lowest BCUT2D eigenvalue weighted by Crippen LogP contribution is -2.53. The number of fused-ring (bicyclic) bond motifs is 1. The van der Waals surface area contributed by atoms with Gasteiger partial charge in [0.2, 0.25) is 0 Å². The van der Waals surface area contributed by atoms with Crippen molar-refractivity contribution in [3.05, 3.63) is 78.4 Å². The van der Waals surface area contributed by atoms with E-state index in [9.17, 15) is 14.4 Å². The molecule has 2 atom stereocenters. The summed E-state index contributed by atoms with van der Waals surface area (Å²) in [4.78, 5) is 38.8. The molecule has 0 N–H and O–H groups in total. The molecule has 0 aliphatic carbocycles. The van der Waals surface area contributed by atoms with Crippen molar-refractivity contribution in [2.45, 2.75) is 12.1 Å². The number of benzene rings is 2. The summed E-state index contributed by atoms with van der Waals surface area (Å²) >= 11 is 0. The molecule has 1 aliphatic rings. The predicted octanol–water partition coefficient (Wildman–Crippen LogP) is 2.46. The molecule has 6 nitrogen and oxygen atoms in total. The molecule has 2 aromatic carbocycles. The zero-order valence-corrected chi connectivity index (χ0v) is 14.1. The van der Waals surface area contributed by atoms with E-state index in [4.69, 9.17) is 9.47 Å². The molecule has 2 amide bonds. The van der Waals surface area contributed by atoms with Crippen molar-refractivity contribution < 1.29 is 23.9 Å². The van der Waals surface area contributed by atoms with E-state index < -0.39 is 29.9 Å². The fourth-order valence-electron chi connectivity index (χ4n) is 2.87. The molecule has 3 rings (SSSR count). The summed E-state index contributed by atoms with van der Waals surface area (Å²) < 4.78 is 10.6. The number of amides is 2. The number of carbonyl (C=O) groups excluding carboxylic acids is 3. The summed E-state index contributed by atoms with van der Waals surface area (Å²) in [5.41, 5.74) is 0.489. The standard InChI is InChI=1S/C20H17NO5/c1-3-16(26-13-9-5-4-6-10-13)17(20(24)25-2)21-18(22)14-11-7-8-12-15(14)19(21)23/h3-12,16-17H,1H2,2H3/t16-,17+/m0/s1. The third kappa shape index (κ3) is 2.97. The highest BCUT2D eigenvalue weighted by Crippen LogP contribution is 2.27. The summed E-state index contributed by atoms with van der Waals surface area (Å²) in [6.07, 6.45) is 0.407. The molecule has 132 valence electrons. The first-order chi connectivity index (χ1) is 12.6. The number of methoxy groups -OCH3 is 1. The third-order valence-corrected chi connectivity index (χ3v) is 4.11. The van der Waals surface area contributed by atoms with Crippen molar-refractivity contribution in [3.63, 3.8) is 0 Å². The summed E-state index contributed by atoms with van der Waals surface area (Å²) in [6, 6.07) is 13.9. The normalized spacial score (nSPS) is 15.2. The van der Waals surface area contributed by atoms with Gasteiger partial charge in [-0.2, -0.15) is 0 Å². The molecular weight excluding hydrogens is 334 g/mol. The van der Waals surface area contributed by atoms with Gasteiger partial charge in [-0.05, 0) is 30.3 Å². The van der Waals surface area contributed by atoms with Crippen LogP contribution < -0.4 is 4.74 Å². The van der Waals surface area contributed by atoms with E-state index in [2.05, 4.69) is 6.58 Å². The molecule has 0 fully saturated rings. The van der Waals surface area contributed by atoms with Gasteiger partial charge in [0.1, 0.15) is 11.9 Å². The van der Waals surface area contributed by atoms with Gasteiger partial charge in [-0.3, -0.25) is 14.5 Å². The Labute approximate surface area is 150 Å². The third-order valence-electron chi connectivity index (χ3n) is 4.11. The second-order valence-electron chi connectivity index (χ2n) is 5.63. The number of hydrogen-bond acceptors (Lipinski definition) is 5. The Bertz CT molecular complexity index is 827. The molecule has 0 spiro atoms. The van der Waals surface area contributed by atoms with Gasteiger partial charge in [0.05, 0.1) is 18.2 Å². The number of rotatable bonds is 6. The number of para-hydroxylation sites is 1. The predicted molar refractivity (Wildman–Crippen MR) is 93.8 cm³/mol. The zero-order valence-electron chi connectivity index (χ0n) is 14.1. The second-order valence-corrected chi connectivity index (χ2v) is 5.63. The molecular formula is C20H17NO5. The highest BCUT2D eigenvalue weighted by atomic mass is 16.5. The average molecular weight is 351 g/mol. The van der Waals surface area contributed by atoms with Crippen molar-refractivity contribution in [3.8, 4) is 5.75 Å². The van der Waals surface area contributed by atoms with E-state index in [1.165, 1.54) is 13.2 Å². The van der Waals surface area contributed by atoms with E-state index in [1.807, 2.05) is 6.07 Å². The van der Waals surface area contributed by atoms with Gasteiger partial charge in [-0.1, -0.05) is 36.9 Å². The number of carbonyl (C=O) groups is 3. The first-order valence-electron chi connectivity index (χ1n) is 7.97. The number of imide groups is 1. The monoisotopic (exact) mass is 351 g/mol. The van der Waals surface area contributed by atoms with E-state index in [0.717, 1.165) is 4.90 Å². The van der Waals surface area contributed by atoms with Crippen molar-refractivity contribution in [1.82, 2.24) is 4.90 Å². The van der Waals surface area contributed by atoms with Gasteiger partial charge in [-0.15, -0.1) is 0 Å². The minimum absolute atomic E-state index is 0.244. The Morgan fingerprint density at radius 2 is 1.54 bits per heavy atom. The zero-order chi connectivity index (χ0) is 18.7. The van der Waals surface area contributed by atoms with Crippen LogP contribution >= 0.6 is 0 Å². The fraction of sp³-hybridized carbons (Fsp3) is 0.150. The van der Waals surface area contributed by atoms with Gasteiger partial charge in [-0.25, -0.2) is 4.79 Å². The summed E-state index contributed by atoms with van der Waals surface area (Å²) in [7, 11) is 1.19. The minimum Gasteiger partial charge on any atom is -0.484 e. The molecule has 1 aliphatic heterocycles. The number of esters is 1. The fourth-order valence-corrected chi connectivity index (χ4v) is 2.87. The maximum absolute atomic E-state index is 12.7. The number of hydrogen-bond donors (Lipinski definition) is 0. The molecule has 0 saturated heterocycles. The maximum Gasteiger partial charge on any atom is 0.333 e. The molecule has 26 heavy (non-hydrogen) atoms. The lowest BCUT2D eigenvalue weighted by molar-refractivity contribution is -0.147. The molecule has 0 radical (unpaired) electrons.